The summed E-state index contributed by atoms with van der Waals surface area (Å²) in [5.74, 6) is -1.87. The van der Waals surface area contributed by atoms with Crippen molar-refractivity contribution in [3.8, 4) is 0 Å². The van der Waals surface area contributed by atoms with E-state index < -0.39 is 11.8 Å². The van der Waals surface area contributed by atoms with Crippen LogP contribution in [0.1, 0.15) is 31.2 Å². The van der Waals surface area contributed by atoms with Crippen LogP contribution in [-0.4, -0.2) is 27.6 Å². The zero-order chi connectivity index (χ0) is 17.7. The van der Waals surface area contributed by atoms with Gasteiger partial charge >= 0.3 is 0 Å². The van der Waals surface area contributed by atoms with E-state index >= 15 is 0 Å². The summed E-state index contributed by atoms with van der Waals surface area (Å²) in [7, 11) is 0. The molecule has 128 valence electrons. The number of unbranched alkanes of at least 4 members (excludes halogenated alkanes) is 2. The molecule has 1 amide bonds. The van der Waals surface area contributed by atoms with Gasteiger partial charge in [0.15, 0.2) is 0 Å². The van der Waals surface area contributed by atoms with Crippen LogP contribution >= 0.6 is 35.6 Å². The van der Waals surface area contributed by atoms with Gasteiger partial charge in [-0.2, -0.15) is 0 Å². The number of hydrogen-bond acceptors (Lipinski definition) is 5. The zero-order valence-corrected chi connectivity index (χ0v) is 15.0. The molecule has 8 heteroatoms. The molecule has 0 aromatic heterocycles. The molecule has 1 aromatic rings. The molecular weight excluding hydrogens is 373 g/mol. The van der Waals surface area contributed by atoms with Gasteiger partial charge in [-0.1, -0.05) is 48.1 Å². The number of thioether (sulfide) groups is 1. The van der Waals surface area contributed by atoms with Crippen LogP contribution in [0.15, 0.2) is 23.1 Å². The second-order valence-electron chi connectivity index (χ2n) is 5.15. The summed E-state index contributed by atoms with van der Waals surface area (Å²) in [5.41, 5.74) is 0.161. The highest BCUT2D eigenvalue weighted by atomic mass is 35.5. The highest BCUT2D eigenvalue weighted by molar-refractivity contribution is 8.26. The van der Waals surface area contributed by atoms with E-state index in [1.165, 1.54) is 23.1 Å². The van der Waals surface area contributed by atoms with Crippen molar-refractivity contribution in [1.29, 1.82) is 0 Å². The molecule has 0 unspecified atom stereocenters. The Labute approximate surface area is 153 Å². The summed E-state index contributed by atoms with van der Waals surface area (Å²) in [5, 5.41) is 10.6. The van der Waals surface area contributed by atoms with Crippen molar-refractivity contribution in [2.75, 3.05) is 6.54 Å². The molecule has 1 aromatic carbocycles. The molecule has 4 nitrogen and oxygen atoms in total. The number of thiocarbonyl (C=S) groups is 1. The van der Waals surface area contributed by atoms with Crippen LogP contribution < -0.4 is 5.11 Å². The van der Waals surface area contributed by atoms with Crippen molar-refractivity contribution in [1.82, 2.24) is 4.90 Å². The fourth-order valence-electron chi connectivity index (χ4n) is 2.19. The number of hydrogen-bond donors (Lipinski definition) is 0. The fraction of sp³-hybridized carbons (Fsp3) is 0.312. The van der Waals surface area contributed by atoms with E-state index in [1.54, 1.807) is 6.07 Å². The van der Waals surface area contributed by atoms with Crippen molar-refractivity contribution >= 4 is 57.9 Å². The van der Waals surface area contributed by atoms with E-state index in [1.807, 2.05) is 0 Å². The Morgan fingerprint density at radius 1 is 1.38 bits per heavy atom. The molecule has 2 rings (SSSR count). The van der Waals surface area contributed by atoms with E-state index in [2.05, 4.69) is 0 Å². The molecule has 0 spiro atoms. The van der Waals surface area contributed by atoms with Crippen LogP contribution in [0.2, 0.25) is 5.02 Å². The number of carbonyl (C=O) groups is 2. The zero-order valence-electron chi connectivity index (χ0n) is 12.6. The average molecular weight is 387 g/mol. The first-order valence-corrected chi connectivity index (χ1v) is 8.89. The van der Waals surface area contributed by atoms with Crippen molar-refractivity contribution in [2.24, 2.45) is 0 Å². The van der Waals surface area contributed by atoms with Crippen molar-refractivity contribution in [3.63, 3.8) is 0 Å². The number of amides is 1. The summed E-state index contributed by atoms with van der Waals surface area (Å²) in [6.45, 7) is 0.403. The Bertz CT molecular complexity index is 688. The predicted octanol–water partition coefficient (Wildman–Crippen LogP) is 2.99. The SMILES string of the molecule is O=C([O-])CCCCCN1C(=O)/C(=C\c2c(F)cccc2Cl)SC1=S. The van der Waals surface area contributed by atoms with Gasteiger partial charge in [0, 0.05) is 18.1 Å². The van der Waals surface area contributed by atoms with E-state index in [0.717, 1.165) is 11.8 Å². The van der Waals surface area contributed by atoms with E-state index in [4.69, 9.17) is 23.8 Å². The molecule has 0 bridgehead atoms. The number of benzene rings is 1. The quantitative estimate of drug-likeness (QED) is 0.409. The molecule has 0 N–H and O–H groups in total. The van der Waals surface area contributed by atoms with Crippen LogP contribution in [0, 0.1) is 5.82 Å². The largest absolute Gasteiger partial charge is 0.550 e. The summed E-state index contributed by atoms with van der Waals surface area (Å²) in [6, 6.07) is 4.32. The van der Waals surface area contributed by atoms with Gasteiger partial charge < -0.3 is 9.90 Å². The maximum absolute atomic E-state index is 13.8. The Hall–Kier alpha value is -1.44. The third-order valence-corrected chi connectivity index (χ3v) is 5.12. The minimum Gasteiger partial charge on any atom is -0.550 e. The third kappa shape index (κ3) is 4.78. The lowest BCUT2D eigenvalue weighted by molar-refractivity contribution is -0.305. The van der Waals surface area contributed by atoms with Gasteiger partial charge in [0.05, 0.1) is 9.93 Å². The minimum absolute atomic E-state index is 0.00405. The van der Waals surface area contributed by atoms with Crippen molar-refractivity contribution in [3.05, 3.63) is 39.5 Å². The second kappa shape index (κ2) is 8.60. The van der Waals surface area contributed by atoms with Gasteiger partial charge in [-0.15, -0.1) is 0 Å². The van der Waals surface area contributed by atoms with Gasteiger partial charge in [0.25, 0.3) is 5.91 Å². The maximum Gasteiger partial charge on any atom is 0.266 e. The van der Waals surface area contributed by atoms with Crippen molar-refractivity contribution < 1.29 is 19.1 Å². The maximum atomic E-state index is 13.8. The molecule has 1 saturated heterocycles. The molecule has 0 radical (unpaired) electrons. The number of aliphatic carboxylic acids is 1. The third-order valence-electron chi connectivity index (χ3n) is 3.41. The smallest absolute Gasteiger partial charge is 0.266 e. The summed E-state index contributed by atoms with van der Waals surface area (Å²) >= 11 is 12.3. The monoisotopic (exact) mass is 386 g/mol. The normalized spacial score (nSPS) is 16.2. The van der Waals surface area contributed by atoms with Crippen LogP contribution in [0.4, 0.5) is 4.39 Å². The van der Waals surface area contributed by atoms with Crippen molar-refractivity contribution in [2.45, 2.75) is 25.7 Å². The summed E-state index contributed by atoms with van der Waals surface area (Å²) in [4.78, 5) is 24.5. The first-order valence-electron chi connectivity index (χ1n) is 7.29. The van der Waals surface area contributed by atoms with Crippen LogP contribution in [0.5, 0.6) is 0 Å². The topological polar surface area (TPSA) is 60.4 Å². The molecule has 24 heavy (non-hydrogen) atoms. The van der Waals surface area contributed by atoms with Gasteiger partial charge in [-0.05, 0) is 37.5 Å². The number of rotatable bonds is 7. The number of carboxylic acids is 1. The highest BCUT2D eigenvalue weighted by Gasteiger charge is 2.31. The van der Waals surface area contributed by atoms with Gasteiger partial charge in [-0.25, -0.2) is 4.39 Å². The Morgan fingerprint density at radius 3 is 2.79 bits per heavy atom. The summed E-state index contributed by atoms with van der Waals surface area (Å²) in [6.07, 6.45) is 3.20. The molecule has 1 fully saturated rings. The molecule has 1 heterocycles. The van der Waals surface area contributed by atoms with E-state index in [0.29, 0.717) is 35.0 Å². The second-order valence-corrected chi connectivity index (χ2v) is 7.23. The molecular formula is C16H14ClFNO3S2-. The summed E-state index contributed by atoms with van der Waals surface area (Å²) < 4.78 is 14.2. The molecule has 0 atom stereocenters. The average Bonchev–Trinajstić information content (AvgIpc) is 2.77. The van der Waals surface area contributed by atoms with Gasteiger partial charge in [0.1, 0.15) is 10.1 Å². The van der Waals surface area contributed by atoms with E-state index in [-0.39, 0.29) is 22.9 Å². The van der Waals surface area contributed by atoms with E-state index in [9.17, 15) is 19.1 Å². The molecule has 0 aliphatic carbocycles. The molecule has 1 aliphatic heterocycles. The van der Waals surface area contributed by atoms with Crippen LogP contribution in [0.3, 0.4) is 0 Å². The van der Waals surface area contributed by atoms with Crippen LogP contribution in [-0.2, 0) is 9.59 Å². The Morgan fingerprint density at radius 2 is 2.12 bits per heavy atom. The minimum atomic E-state index is -1.08. The fourth-order valence-corrected chi connectivity index (χ4v) is 3.70. The number of halogens is 2. The Kier molecular flexibility index (Phi) is 6.77. The number of carboxylic acid groups (broad SMARTS) is 1. The van der Waals surface area contributed by atoms with Gasteiger partial charge in [0.2, 0.25) is 0 Å². The lowest BCUT2D eigenvalue weighted by atomic mass is 10.2. The first-order chi connectivity index (χ1) is 11.4. The Balaban J connectivity index is 2.01. The predicted molar refractivity (Wildman–Crippen MR) is 94.8 cm³/mol. The lowest BCUT2D eigenvalue weighted by Crippen LogP contribution is -2.29. The highest BCUT2D eigenvalue weighted by Crippen LogP contribution is 2.34. The number of carbonyl (C=O) groups excluding carboxylic acids is 2. The standard InChI is InChI=1S/C16H15ClFNO3S2/c17-11-5-4-6-12(18)10(11)9-13-15(22)19(16(23)24-13)8-3-1-2-7-14(20)21/h4-6,9H,1-3,7-8H2,(H,20,21)/p-1/b13-9+. The molecule has 0 saturated carbocycles. The molecule has 1 aliphatic rings. The lowest BCUT2D eigenvalue weighted by Gasteiger charge is -2.14. The number of nitrogens with zero attached hydrogens (tertiary/aromatic N) is 1. The first kappa shape index (κ1) is 18.9. The van der Waals surface area contributed by atoms with Crippen LogP contribution in [0.25, 0.3) is 6.08 Å². The van der Waals surface area contributed by atoms with Gasteiger partial charge in [-0.3, -0.25) is 9.69 Å².